The Balaban J connectivity index is 1.44. The van der Waals surface area contributed by atoms with Crippen LogP contribution < -0.4 is 14.2 Å². The molecule has 1 saturated heterocycles. The number of rotatable bonds is 5. The van der Waals surface area contributed by atoms with Crippen LogP contribution in [0.3, 0.4) is 0 Å². The lowest BCUT2D eigenvalue weighted by Crippen LogP contribution is -2.50. The minimum atomic E-state index is -3.68. The van der Waals surface area contributed by atoms with E-state index >= 15 is 0 Å². The van der Waals surface area contributed by atoms with Gasteiger partial charge in [-0.3, -0.25) is 4.79 Å². The summed E-state index contributed by atoms with van der Waals surface area (Å²) in [5.41, 5.74) is 0. The molecule has 1 N–H and O–H groups in total. The van der Waals surface area contributed by atoms with E-state index in [0.29, 0.717) is 37.8 Å². The number of ether oxygens (including phenoxy) is 3. The normalized spacial score (nSPS) is 19.4. The van der Waals surface area contributed by atoms with Crippen LogP contribution in [0.5, 0.6) is 11.5 Å². The molecule has 28 heavy (non-hydrogen) atoms. The number of hydrogen-bond acceptors (Lipinski definition) is 7. The Kier molecular flexibility index (Phi) is 5.54. The fraction of sp³-hybridized carbons (Fsp3) is 0.389. The van der Waals surface area contributed by atoms with Gasteiger partial charge in [0.25, 0.3) is 5.91 Å². The van der Waals surface area contributed by atoms with E-state index in [0.717, 1.165) is 4.88 Å². The SMILES string of the molecule is O=C([C@@H]1COc2cc(S(=O)(=O)NCc3cccs3)ccc2O1)N1CCOCC1. The number of benzene rings is 1. The van der Waals surface area contributed by atoms with Crippen LogP contribution in [0.25, 0.3) is 0 Å². The molecule has 1 aromatic carbocycles. The Bertz CT molecular complexity index is 939. The summed E-state index contributed by atoms with van der Waals surface area (Å²) in [7, 11) is -3.68. The first-order valence-corrected chi connectivity index (χ1v) is 11.2. The molecule has 0 saturated carbocycles. The van der Waals surface area contributed by atoms with E-state index in [1.807, 2.05) is 17.5 Å². The van der Waals surface area contributed by atoms with Crippen molar-refractivity contribution in [1.29, 1.82) is 0 Å². The molecule has 8 nitrogen and oxygen atoms in total. The zero-order valence-corrected chi connectivity index (χ0v) is 16.6. The second kappa shape index (κ2) is 8.08. The molecule has 150 valence electrons. The third-order valence-corrected chi connectivity index (χ3v) is 6.77. The van der Waals surface area contributed by atoms with Gasteiger partial charge in [0.1, 0.15) is 6.61 Å². The third-order valence-electron chi connectivity index (χ3n) is 4.50. The third kappa shape index (κ3) is 4.14. The van der Waals surface area contributed by atoms with Gasteiger partial charge >= 0.3 is 0 Å². The first-order valence-electron chi connectivity index (χ1n) is 8.85. The summed E-state index contributed by atoms with van der Waals surface area (Å²) >= 11 is 1.48. The van der Waals surface area contributed by atoms with Crippen molar-refractivity contribution in [2.75, 3.05) is 32.9 Å². The molecular weight excluding hydrogens is 404 g/mol. The zero-order chi connectivity index (χ0) is 19.6. The van der Waals surface area contributed by atoms with Crippen LogP contribution in [0, 0.1) is 0 Å². The Morgan fingerprint density at radius 2 is 2.04 bits per heavy atom. The van der Waals surface area contributed by atoms with Crippen molar-refractivity contribution >= 4 is 27.3 Å². The number of carbonyl (C=O) groups excluding carboxylic acids is 1. The highest BCUT2D eigenvalue weighted by molar-refractivity contribution is 7.89. The fourth-order valence-corrected chi connectivity index (χ4v) is 4.75. The molecule has 0 aliphatic carbocycles. The molecule has 1 atom stereocenters. The van der Waals surface area contributed by atoms with Crippen molar-refractivity contribution in [2.24, 2.45) is 0 Å². The highest BCUT2D eigenvalue weighted by Gasteiger charge is 2.32. The highest BCUT2D eigenvalue weighted by atomic mass is 32.2. The molecule has 0 spiro atoms. The summed E-state index contributed by atoms with van der Waals surface area (Å²) in [6.07, 6.45) is -0.745. The average molecular weight is 425 g/mol. The Labute approximate surface area is 167 Å². The standard InChI is InChI=1S/C18H20N2O6S2/c21-18(20-5-7-24-8-6-20)17-12-25-16-10-14(3-4-15(16)26-17)28(22,23)19-11-13-2-1-9-27-13/h1-4,9-10,17,19H,5-8,11-12H2/t17-/m0/s1. The van der Waals surface area contributed by atoms with Crippen LogP contribution >= 0.6 is 11.3 Å². The van der Waals surface area contributed by atoms with Crippen molar-refractivity contribution in [1.82, 2.24) is 9.62 Å². The highest BCUT2D eigenvalue weighted by Crippen LogP contribution is 2.34. The van der Waals surface area contributed by atoms with Crippen LogP contribution in [-0.4, -0.2) is 58.2 Å². The second-order valence-corrected chi connectivity index (χ2v) is 9.17. The second-order valence-electron chi connectivity index (χ2n) is 6.37. The zero-order valence-electron chi connectivity index (χ0n) is 15.0. The number of amides is 1. The van der Waals surface area contributed by atoms with Gasteiger partial charge in [0, 0.05) is 30.6 Å². The molecular formula is C18H20N2O6S2. The van der Waals surface area contributed by atoms with Crippen molar-refractivity contribution in [3.8, 4) is 11.5 Å². The molecule has 4 rings (SSSR count). The Morgan fingerprint density at radius 3 is 2.79 bits per heavy atom. The monoisotopic (exact) mass is 424 g/mol. The van der Waals surface area contributed by atoms with Gasteiger partial charge in [0.2, 0.25) is 16.1 Å². The van der Waals surface area contributed by atoms with Gasteiger partial charge in [-0.05, 0) is 23.6 Å². The van der Waals surface area contributed by atoms with Crippen molar-refractivity contribution < 1.29 is 27.4 Å². The van der Waals surface area contributed by atoms with E-state index in [1.165, 1.54) is 29.5 Å². The number of sulfonamides is 1. The van der Waals surface area contributed by atoms with Crippen molar-refractivity contribution in [2.45, 2.75) is 17.5 Å². The predicted molar refractivity (Wildman–Crippen MR) is 102 cm³/mol. The maximum atomic E-state index is 12.5. The minimum absolute atomic E-state index is 0.0370. The number of nitrogens with zero attached hydrogens (tertiary/aromatic N) is 1. The summed E-state index contributed by atoms with van der Waals surface area (Å²) in [5.74, 6) is 0.517. The molecule has 2 aliphatic rings. The van der Waals surface area contributed by atoms with Gasteiger partial charge in [-0.1, -0.05) is 6.07 Å². The number of morpholine rings is 1. The summed E-state index contributed by atoms with van der Waals surface area (Å²) in [6, 6.07) is 8.12. The molecule has 10 heteroatoms. The first kappa shape index (κ1) is 19.2. The molecule has 0 bridgehead atoms. The van der Waals surface area contributed by atoms with Crippen LogP contribution in [0.2, 0.25) is 0 Å². The van der Waals surface area contributed by atoms with E-state index in [9.17, 15) is 13.2 Å². The Hall–Kier alpha value is -2.14. The first-order chi connectivity index (χ1) is 13.5. The average Bonchev–Trinajstić information content (AvgIpc) is 3.25. The number of nitrogens with one attached hydrogen (secondary N) is 1. The van der Waals surface area contributed by atoms with E-state index in [4.69, 9.17) is 14.2 Å². The molecule has 2 aliphatic heterocycles. The van der Waals surface area contributed by atoms with Gasteiger partial charge < -0.3 is 19.1 Å². The fourth-order valence-electron chi connectivity index (χ4n) is 2.99. The smallest absolute Gasteiger partial charge is 0.267 e. The largest absolute Gasteiger partial charge is 0.485 e. The van der Waals surface area contributed by atoms with Crippen LogP contribution in [0.1, 0.15) is 4.88 Å². The lowest BCUT2D eigenvalue weighted by molar-refractivity contribution is -0.145. The lowest BCUT2D eigenvalue weighted by Gasteiger charge is -2.32. The van der Waals surface area contributed by atoms with E-state index in [-0.39, 0.29) is 24.0 Å². The van der Waals surface area contributed by atoms with Gasteiger partial charge in [0.15, 0.2) is 11.5 Å². The molecule has 0 unspecified atom stereocenters. The van der Waals surface area contributed by atoms with E-state index < -0.39 is 16.1 Å². The van der Waals surface area contributed by atoms with Crippen molar-refractivity contribution in [3.63, 3.8) is 0 Å². The Morgan fingerprint density at radius 1 is 1.21 bits per heavy atom. The maximum Gasteiger partial charge on any atom is 0.267 e. The van der Waals surface area contributed by atoms with E-state index in [1.54, 1.807) is 4.90 Å². The van der Waals surface area contributed by atoms with Crippen LogP contribution in [-0.2, 0) is 26.1 Å². The summed E-state index contributed by atoms with van der Waals surface area (Å²) in [5, 5.41) is 1.89. The maximum absolute atomic E-state index is 12.5. The quantitative estimate of drug-likeness (QED) is 0.776. The summed E-state index contributed by atoms with van der Waals surface area (Å²) in [4.78, 5) is 15.2. The topological polar surface area (TPSA) is 94.2 Å². The van der Waals surface area contributed by atoms with Gasteiger partial charge in [0.05, 0.1) is 18.1 Å². The van der Waals surface area contributed by atoms with Gasteiger partial charge in [-0.15, -0.1) is 11.3 Å². The predicted octanol–water partition coefficient (Wildman–Crippen LogP) is 1.23. The number of thiophene rings is 1. The lowest BCUT2D eigenvalue weighted by atomic mass is 10.2. The summed E-state index contributed by atoms with van der Waals surface area (Å²) < 4.78 is 44.3. The van der Waals surface area contributed by atoms with E-state index in [2.05, 4.69) is 4.72 Å². The number of hydrogen-bond donors (Lipinski definition) is 1. The van der Waals surface area contributed by atoms with Gasteiger partial charge in [-0.2, -0.15) is 0 Å². The molecule has 0 radical (unpaired) electrons. The molecule has 3 heterocycles. The molecule has 1 aromatic heterocycles. The number of fused-ring (bicyclic) bond motifs is 1. The molecule has 1 amide bonds. The van der Waals surface area contributed by atoms with Gasteiger partial charge in [-0.25, -0.2) is 13.1 Å². The molecule has 2 aromatic rings. The minimum Gasteiger partial charge on any atom is -0.485 e. The summed E-state index contributed by atoms with van der Waals surface area (Å²) in [6.45, 7) is 2.34. The van der Waals surface area contributed by atoms with Crippen molar-refractivity contribution in [3.05, 3.63) is 40.6 Å². The number of carbonyl (C=O) groups is 1. The van der Waals surface area contributed by atoms with Crippen LogP contribution in [0.15, 0.2) is 40.6 Å². The van der Waals surface area contributed by atoms with Crippen LogP contribution in [0.4, 0.5) is 0 Å². The molecule has 1 fully saturated rings.